The molecule has 6 nitrogen and oxygen atoms in total. The molecule has 0 aromatic heterocycles. The molecule has 0 amide bonds. The monoisotopic (exact) mass is 288 g/mol. The molecular formula is C12H24N4O2S. The quantitative estimate of drug-likeness (QED) is 0.554. The fraction of sp³-hybridized carbons (Fsp3) is 0.917. The number of rotatable bonds is 3. The van der Waals surface area contributed by atoms with Crippen LogP contribution in [0.4, 0.5) is 0 Å². The third kappa shape index (κ3) is 4.35. The summed E-state index contributed by atoms with van der Waals surface area (Å²) in [6.07, 6.45) is 2.48. The molecule has 0 bridgehead atoms. The van der Waals surface area contributed by atoms with E-state index in [9.17, 15) is 8.42 Å². The summed E-state index contributed by atoms with van der Waals surface area (Å²) in [4.78, 5) is 8.77. The number of nitrogens with zero attached hydrogens (tertiary/aromatic N) is 3. The molecule has 0 aromatic rings. The first-order valence-corrected chi connectivity index (χ1v) is 8.81. The van der Waals surface area contributed by atoms with Crippen molar-refractivity contribution < 1.29 is 8.42 Å². The molecule has 0 spiro atoms. The Bertz CT molecular complexity index is 401. The summed E-state index contributed by atoms with van der Waals surface area (Å²) in [6.45, 7) is 5.19. The van der Waals surface area contributed by atoms with E-state index in [1.807, 2.05) is 7.05 Å². The summed E-state index contributed by atoms with van der Waals surface area (Å²) in [5.41, 5.74) is 0. The smallest absolute Gasteiger partial charge is 0.193 e. The van der Waals surface area contributed by atoms with Gasteiger partial charge in [-0.1, -0.05) is 0 Å². The summed E-state index contributed by atoms with van der Waals surface area (Å²) in [6, 6.07) is 0. The Morgan fingerprint density at radius 1 is 1.16 bits per heavy atom. The second-order valence-corrected chi connectivity index (χ2v) is 7.47. The third-order valence-electron chi connectivity index (χ3n) is 3.77. The molecule has 0 aliphatic carbocycles. The molecule has 2 aliphatic rings. The van der Waals surface area contributed by atoms with Gasteiger partial charge in [0.1, 0.15) is 0 Å². The lowest BCUT2D eigenvalue weighted by molar-refractivity contribution is 0.298. The largest absolute Gasteiger partial charge is 0.355 e. The highest BCUT2D eigenvalue weighted by molar-refractivity contribution is 7.91. The Morgan fingerprint density at radius 2 is 1.79 bits per heavy atom. The predicted molar refractivity (Wildman–Crippen MR) is 77.3 cm³/mol. The summed E-state index contributed by atoms with van der Waals surface area (Å²) >= 11 is 0. The van der Waals surface area contributed by atoms with Crippen molar-refractivity contribution in [2.45, 2.75) is 12.8 Å². The minimum atomic E-state index is -2.77. The van der Waals surface area contributed by atoms with Gasteiger partial charge in [0.05, 0.1) is 11.5 Å². The second-order valence-electron chi connectivity index (χ2n) is 5.16. The van der Waals surface area contributed by atoms with Crippen LogP contribution in [0.25, 0.3) is 0 Å². The maximum absolute atomic E-state index is 11.3. The van der Waals surface area contributed by atoms with E-state index in [0.29, 0.717) is 24.6 Å². The van der Waals surface area contributed by atoms with Gasteiger partial charge in [0.15, 0.2) is 15.8 Å². The molecule has 7 heteroatoms. The van der Waals surface area contributed by atoms with E-state index in [-0.39, 0.29) is 0 Å². The van der Waals surface area contributed by atoms with Crippen LogP contribution in [0.1, 0.15) is 12.8 Å². The van der Waals surface area contributed by atoms with Gasteiger partial charge in [-0.2, -0.15) is 0 Å². The topological polar surface area (TPSA) is 65.0 Å². The number of likely N-dealkylation sites (tertiary alicyclic amines) is 1. The molecule has 19 heavy (non-hydrogen) atoms. The van der Waals surface area contributed by atoms with Crippen LogP contribution in [-0.4, -0.2) is 82.0 Å². The van der Waals surface area contributed by atoms with Crippen LogP contribution in [0.2, 0.25) is 0 Å². The number of nitrogens with one attached hydrogen (secondary N) is 1. The van der Waals surface area contributed by atoms with Gasteiger partial charge in [-0.15, -0.1) is 0 Å². The molecule has 0 atom stereocenters. The van der Waals surface area contributed by atoms with Crippen LogP contribution < -0.4 is 5.32 Å². The van der Waals surface area contributed by atoms with Crippen LogP contribution in [0.15, 0.2) is 4.99 Å². The third-order valence-corrected chi connectivity index (χ3v) is 5.37. The van der Waals surface area contributed by atoms with Gasteiger partial charge in [0.25, 0.3) is 0 Å². The molecule has 0 unspecified atom stereocenters. The summed E-state index contributed by atoms with van der Waals surface area (Å²) in [5, 5.41) is 3.36. The van der Waals surface area contributed by atoms with Crippen molar-refractivity contribution in [2.75, 3.05) is 57.8 Å². The standard InChI is InChI=1S/C12H24N4O2S/c1-13-12(16-5-2-3-6-16)14-4-7-15-8-10-19(17,18)11-9-15/h2-11H2,1H3,(H,13,14). The Hall–Kier alpha value is -0.820. The van der Waals surface area contributed by atoms with Gasteiger partial charge in [-0.05, 0) is 12.8 Å². The van der Waals surface area contributed by atoms with Crippen molar-refractivity contribution >= 4 is 15.8 Å². The van der Waals surface area contributed by atoms with Crippen LogP contribution in [0.3, 0.4) is 0 Å². The van der Waals surface area contributed by atoms with Crippen molar-refractivity contribution in [3.05, 3.63) is 0 Å². The maximum atomic E-state index is 11.3. The number of guanidine groups is 1. The second kappa shape index (κ2) is 6.56. The van der Waals surface area contributed by atoms with Gasteiger partial charge in [-0.3, -0.25) is 9.89 Å². The minimum Gasteiger partial charge on any atom is -0.355 e. The zero-order valence-electron chi connectivity index (χ0n) is 11.6. The molecule has 2 heterocycles. The molecular weight excluding hydrogens is 264 g/mol. The average molecular weight is 288 g/mol. The van der Waals surface area contributed by atoms with Gasteiger partial charge in [-0.25, -0.2) is 8.42 Å². The van der Waals surface area contributed by atoms with E-state index in [2.05, 4.69) is 20.1 Å². The molecule has 1 N–H and O–H groups in total. The van der Waals surface area contributed by atoms with Crippen LogP contribution in [-0.2, 0) is 9.84 Å². The van der Waals surface area contributed by atoms with Crippen molar-refractivity contribution in [3.63, 3.8) is 0 Å². The van der Waals surface area contributed by atoms with Crippen LogP contribution in [0, 0.1) is 0 Å². The average Bonchev–Trinajstić information content (AvgIpc) is 2.90. The first kappa shape index (κ1) is 14.6. The molecule has 2 rings (SSSR count). The van der Waals surface area contributed by atoms with Gasteiger partial charge in [0, 0.05) is 46.3 Å². The fourth-order valence-corrected chi connectivity index (χ4v) is 3.84. The Balaban J connectivity index is 1.68. The van der Waals surface area contributed by atoms with E-state index in [0.717, 1.165) is 32.1 Å². The highest BCUT2D eigenvalue weighted by Gasteiger charge is 2.21. The van der Waals surface area contributed by atoms with Crippen LogP contribution >= 0.6 is 0 Å². The maximum Gasteiger partial charge on any atom is 0.193 e. The Labute approximate surface area is 115 Å². The van der Waals surface area contributed by atoms with Crippen molar-refractivity contribution in [3.8, 4) is 0 Å². The lowest BCUT2D eigenvalue weighted by Crippen LogP contribution is -2.46. The summed E-state index contributed by atoms with van der Waals surface area (Å²) in [7, 11) is -0.955. The predicted octanol–water partition coefficient (Wildman–Crippen LogP) is -0.612. The zero-order valence-corrected chi connectivity index (χ0v) is 12.5. The van der Waals surface area contributed by atoms with E-state index in [1.165, 1.54) is 12.8 Å². The van der Waals surface area contributed by atoms with Gasteiger partial charge >= 0.3 is 0 Å². The summed E-state index contributed by atoms with van der Waals surface area (Å²) in [5.74, 6) is 1.57. The molecule has 2 fully saturated rings. The molecule has 0 aromatic carbocycles. The number of hydrogen-bond acceptors (Lipinski definition) is 4. The first-order chi connectivity index (χ1) is 9.11. The molecule has 0 saturated carbocycles. The molecule has 2 saturated heterocycles. The zero-order chi connectivity index (χ0) is 13.7. The highest BCUT2D eigenvalue weighted by atomic mass is 32.2. The normalized spacial score (nSPS) is 24.7. The van der Waals surface area contributed by atoms with E-state index >= 15 is 0 Å². The summed E-state index contributed by atoms with van der Waals surface area (Å²) < 4.78 is 22.7. The molecule has 110 valence electrons. The lowest BCUT2D eigenvalue weighted by Gasteiger charge is -2.27. The highest BCUT2D eigenvalue weighted by Crippen LogP contribution is 2.07. The van der Waals surface area contributed by atoms with E-state index < -0.39 is 9.84 Å². The van der Waals surface area contributed by atoms with E-state index in [4.69, 9.17) is 0 Å². The number of aliphatic imine (C=N–C) groups is 1. The number of sulfone groups is 1. The first-order valence-electron chi connectivity index (χ1n) is 6.99. The van der Waals surface area contributed by atoms with Crippen molar-refractivity contribution in [1.29, 1.82) is 0 Å². The fourth-order valence-electron chi connectivity index (χ4n) is 2.56. The molecule has 0 radical (unpaired) electrons. The minimum absolute atomic E-state index is 0.299. The Morgan fingerprint density at radius 3 is 2.37 bits per heavy atom. The van der Waals surface area contributed by atoms with Crippen LogP contribution in [0.5, 0.6) is 0 Å². The SMILES string of the molecule is CN=C(NCCN1CCS(=O)(=O)CC1)N1CCCC1. The molecule has 2 aliphatic heterocycles. The lowest BCUT2D eigenvalue weighted by atomic mass is 10.4. The van der Waals surface area contributed by atoms with Crippen molar-refractivity contribution in [2.24, 2.45) is 4.99 Å². The number of hydrogen-bond donors (Lipinski definition) is 1. The Kier molecular flexibility index (Phi) is 5.04. The van der Waals surface area contributed by atoms with E-state index in [1.54, 1.807) is 0 Å². The van der Waals surface area contributed by atoms with Crippen molar-refractivity contribution in [1.82, 2.24) is 15.1 Å². The van der Waals surface area contributed by atoms with Gasteiger partial charge < -0.3 is 10.2 Å². The van der Waals surface area contributed by atoms with Gasteiger partial charge in [0.2, 0.25) is 0 Å².